The number of hydrogen-bond donors (Lipinski definition) is 0. The van der Waals surface area contributed by atoms with Gasteiger partial charge in [0.1, 0.15) is 11.8 Å². The Bertz CT molecular complexity index is 968. The second kappa shape index (κ2) is 7.09. The van der Waals surface area contributed by atoms with Crippen LogP contribution in [0.1, 0.15) is 34.1 Å². The van der Waals surface area contributed by atoms with Crippen molar-refractivity contribution in [1.82, 2.24) is 5.01 Å². The maximum atomic E-state index is 13.0. The lowest BCUT2D eigenvalue weighted by atomic mass is 10.0. The van der Waals surface area contributed by atoms with Crippen LogP contribution in [0.15, 0.2) is 80.9 Å². The Morgan fingerprint density at radius 2 is 1.96 bits per heavy atom. The molecule has 1 aromatic heterocycles. The van der Waals surface area contributed by atoms with Gasteiger partial charge in [0.05, 0.1) is 12.0 Å². The summed E-state index contributed by atoms with van der Waals surface area (Å²) >= 11 is 9.48. The van der Waals surface area contributed by atoms with E-state index in [1.165, 1.54) is 5.01 Å². The smallest absolute Gasteiger partial charge is 0.274 e. The fourth-order valence-electron chi connectivity index (χ4n) is 2.97. The topological polar surface area (TPSA) is 45.8 Å². The van der Waals surface area contributed by atoms with Gasteiger partial charge in [0.15, 0.2) is 0 Å². The van der Waals surface area contributed by atoms with Crippen LogP contribution in [0.3, 0.4) is 0 Å². The summed E-state index contributed by atoms with van der Waals surface area (Å²) in [5.74, 6) is 0.497. The molecule has 0 spiro atoms. The molecule has 2 aromatic carbocycles. The number of benzene rings is 2. The van der Waals surface area contributed by atoms with Crippen molar-refractivity contribution in [3.63, 3.8) is 0 Å². The molecule has 0 N–H and O–H groups in total. The fraction of sp³-hybridized carbons (Fsp3) is 0.100. The number of furan rings is 1. The van der Waals surface area contributed by atoms with Gasteiger partial charge in [0.2, 0.25) is 0 Å². The van der Waals surface area contributed by atoms with Gasteiger partial charge in [0.25, 0.3) is 5.91 Å². The molecule has 1 atom stereocenters. The molecule has 3 aromatic rings. The molecule has 0 saturated carbocycles. The number of amides is 1. The van der Waals surface area contributed by atoms with E-state index in [0.29, 0.717) is 22.8 Å². The van der Waals surface area contributed by atoms with Crippen LogP contribution in [0.4, 0.5) is 0 Å². The van der Waals surface area contributed by atoms with Crippen molar-refractivity contribution in [1.29, 1.82) is 0 Å². The lowest BCUT2D eigenvalue weighted by Crippen LogP contribution is -2.26. The van der Waals surface area contributed by atoms with E-state index in [9.17, 15) is 4.79 Å². The zero-order valence-electron chi connectivity index (χ0n) is 13.6. The van der Waals surface area contributed by atoms with Crippen molar-refractivity contribution in [3.05, 3.63) is 93.3 Å². The van der Waals surface area contributed by atoms with E-state index in [1.54, 1.807) is 30.5 Å². The summed E-state index contributed by atoms with van der Waals surface area (Å²) in [6.45, 7) is 0. The van der Waals surface area contributed by atoms with Crippen LogP contribution in [-0.2, 0) is 0 Å². The molecule has 1 aliphatic rings. The van der Waals surface area contributed by atoms with Crippen molar-refractivity contribution >= 4 is 39.1 Å². The molecule has 0 saturated heterocycles. The number of carbonyl (C=O) groups excluding carboxylic acids is 1. The molecule has 0 radical (unpaired) electrons. The molecule has 0 aliphatic carbocycles. The maximum absolute atomic E-state index is 13.0. The van der Waals surface area contributed by atoms with Gasteiger partial charge < -0.3 is 4.42 Å². The van der Waals surface area contributed by atoms with Crippen LogP contribution in [0.2, 0.25) is 5.02 Å². The molecule has 4 nitrogen and oxygen atoms in total. The Morgan fingerprint density at radius 1 is 1.15 bits per heavy atom. The van der Waals surface area contributed by atoms with Crippen molar-refractivity contribution in [3.8, 4) is 0 Å². The highest BCUT2D eigenvalue weighted by molar-refractivity contribution is 9.10. The lowest BCUT2D eigenvalue weighted by Gasteiger charge is -2.20. The first-order chi connectivity index (χ1) is 12.6. The van der Waals surface area contributed by atoms with Crippen molar-refractivity contribution < 1.29 is 9.21 Å². The predicted molar refractivity (Wildman–Crippen MR) is 104 cm³/mol. The number of rotatable bonds is 3. The minimum Gasteiger partial charge on any atom is -0.467 e. The van der Waals surface area contributed by atoms with Crippen LogP contribution in [0, 0.1) is 0 Å². The molecule has 1 amide bonds. The molecule has 130 valence electrons. The minimum atomic E-state index is -0.282. The molecule has 1 aliphatic heterocycles. The monoisotopic (exact) mass is 428 g/mol. The zero-order valence-corrected chi connectivity index (χ0v) is 15.9. The highest BCUT2D eigenvalue weighted by Crippen LogP contribution is 2.34. The molecule has 0 fully saturated rings. The van der Waals surface area contributed by atoms with Crippen LogP contribution in [0.5, 0.6) is 0 Å². The molecule has 0 bridgehead atoms. The average Bonchev–Trinajstić information content (AvgIpc) is 3.31. The summed E-state index contributed by atoms with van der Waals surface area (Å²) in [5.41, 5.74) is 2.32. The first-order valence-corrected chi connectivity index (χ1v) is 9.25. The van der Waals surface area contributed by atoms with Crippen LogP contribution in [0.25, 0.3) is 0 Å². The van der Waals surface area contributed by atoms with Gasteiger partial charge in [-0.3, -0.25) is 4.79 Å². The van der Waals surface area contributed by atoms with E-state index in [0.717, 1.165) is 15.7 Å². The number of hydrogen-bond acceptors (Lipinski definition) is 3. The minimum absolute atomic E-state index is 0.207. The Balaban J connectivity index is 1.72. The summed E-state index contributed by atoms with van der Waals surface area (Å²) in [4.78, 5) is 13.0. The van der Waals surface area contributed by atoms with Gasteiger partial charge in [-0.15, -0.1) is 0 Å². The molecule has 6 heteroatoms. The standard InChI is InChI=1S/C20H14BrClN2O2/c21-15-8-6-13(7-9-15)17-12-18(19-5-2-10-26-19)24(23-17)20(25)14-3-1-4-16(22)11-14/h1-11,18H,12H2/t18-/m1/s1. The molecular weight excluding hydrogens is 416 g/mol. The number of halogens is 2. The van der Waals surface area contributed by atoms with Gasteiger partial charge in [-0.25, -0.2) is 5.01 Å². The highest BCUT2D eigenvalue weighted by atomic mass is 79.9. The van der Waals surface area contributed by atoms with Gasteiger partial charge in [0, 0.05) is 21.5 Å². The van der Waals surface area contributed by atoms with E-state index in [1.807, 2.05) is 36.4 Å². The molecule has 2 heterocycles. The van der Waals surface area contributed by atoms with E-state index < -0.39 is 0 Å². The maximum Gasteiger partial charge on any atom is 0.274 e. The third kappa shape index (κ3) is 3.32. The quantitative estimate of drug-likeness (QED) is 0.537. The fourth-order valence-corrected chi connectivity index (χ4v) is 3.43. The summed E-state index contributed by atoms with van der Waals surface area (Å²) in [6, 6.07) is 18.2. The normalized spacial score (nSPS) is 16.6. The largest absolute Gasteiger partial charge is 0.467 e. The Labute approximate surface area is 164 Å². The first-order valence-electron chi connectivity index (χ1n) is 8.08. The van der Waals surface area contributed by atoms with Gasteiger partial charge >= 0.3 is 0 Å². The molecule has 4 rings (SSSR count). The third-order valence-corrected chi connectivity index (χ3v) is 5.00. The van der Waals surface area contributed by atoms with Crippen molar-refractivity contribution in [2.24, 2.45) is 5.10 Å². The average molecular weight is 430 g/mol. The number of carbonyl (C=O) groups is 1. The van der Waals surface area contributed by atoms with Crippen LogP contribution in [-0.4, -0.2) is 16.6 Å². The third-order valence-electron chi connectivity index (χ3n) is 4.24. The van der Waals surface area contributed by atoms with Gasteiger partial charge in [-0.05, 0) is 48.0 Å². The molecule has 26 heavy (non-hydrogen) atoms. The number of nitrogens with zero attached hydrogens (tertiary/aromatic N) is 2. The summed E-state index contributed by atoms with van der Waals surface area (Å²) in [6.07, 6.45) is 2.19. The summed E-state index contributed by atoms with van der Waals surface area (Å²) in [5, 5.41) is 6.62. The molecule has 0 unspecified atom stereocenters. The Hall–Kier alpha value is -2.37. The Morgan fingerprint density at radius 3 is 2.65 bits per heavy atom. The first kappa shape index (κ1) is 17.1. The van der Waals surface area contributed by atoms with Crippen molar-refractivity contribution in [2.75, 3.05) is 0 Å². The summed E-state index contributed by atoms with van der Waals surface area (Å²) in [7, 11) is 0. The highest BCUT2D eigenvalue weighted by Gasteiger charge is 2.35. The second-order valence-corrected chi connectivity index (χ2v) is 7.30. The van der Waals surface area contributed by atoms with E-state index in [2.05, 4.69) is 21.0 Å². The summed E-state index contributed by atoms with van der Waals surface area (Å²) < 4.78 is 6.55. The Kier molecular flexibility index (Phi) is 4.66. The molecular formula is C20H14BrClN2O2. The predicted octanol–water partition coefficient (Wildman–Crippen LogP) is 5.69. The second-order valence-electron chi connectivity index (χ2n) is 5.95. The van der Waals surface area contributed by atoms with Crippen LogP contribution < -0.4 is 0 Å². The van der Waals surface area contributed by atoms with E-state index in [-0.39, 0.29) is 11.9 Å². The van der Waals surface area contributed by atoms with Gasteiger partial charge in [-0.2, -0.15) is 5.10 Å². The SMILES string of the molecule is O=C(c1cccc(Cl)c1)N1N=C(c2ccc(Br)cc2)C[C@@H]1c1ccco1. The van der Waals surface area contributed by atoms with Crippen LogP contribution >= 0.6 is 27.5 Å². The van der Waals surface area contributed by atoms with Crippen molar-refractivity contribution in [2.45, 2.75) is 12.5 Å². The zero-order chi connectivity index (χ0) is 18.1. The number of hydrazone groups is 1. The van der Waals surface area contributed by atoms with E-state index in [4.69, 9.17) is 16.0 Å². The van der Waals surface area contributed by atoms with Gasteiger partial charge in [-0.1, -0.05) is 45.7 Å². The lowest BCUT2D eigenvalue weighted by molar-refractivity contribution is 0.0693. The van der Waals surface area contributed by atoms with E-state index >= 15 is 0 Å².